The van der Waals surface area contributed by atoms with Gasteiger partial charge in [0.15, 0.2) is 12.4 Å². The maximum Gasteiger partial charge on any atom is 0.329 e. The highest BCUT2D eigenvalue weighted by Crippen LogP contribution is 2.09. The quantitative estimate of drug-likeness (QED) is 0.639. The van der Waals surface area contributed by atoms with Gasteiger partial charge in [-0.05, 0) is 25.0 Å². The summed E-state index contributed by atoms with van der Waals surface area (Å²) < 4.78 is 9.83. The van der Waals surface area contributed by atoms with Gasteiger partial charge < -0.3 is 25.2 Å². The first-order chi connectivity index (χ1) is 12.8. The standard InChI is InChI=1S/C18H22N4O5/c1-11(2)16(21-18(25)19-13-7-5-4-6-8-13)17(24)26-10-15(23)20-14-9-12(3)27-22-14/h4-9,11,16H,10H2,1-3H3,(H2,19,21,25)(H,20,22,23)/t16-/m0/s1. The average molecular weight is 374 g/mol. The van der Waals surface area contributed by atoms with Gasteiger partial charge in [0.25, 0.3) is 5.91 Å². The lowest BCUT2D eigenvalue weighted by atomic mass is 10.1. The van der Waals surface area contributed by atoms with Gasteiger partial charge >= 0.3 is 12.0 Å². The lowest BCUT2D eigenvalue weighted by Gasteiger charge is -2.21. The Morgan fingerprint density at radius 3 is 2.44 bits per heavy atom. The normalized spacial score (nSPS) is 11.6. The van der Waals surface area contributed by atoms with E-state index < -0.39 is 30.6 Å². The summed E-state index contributed by atoms with van der Waals surface area (Å²) >= 11 is 0. The number of benzene rings is 1. The third-order valence-corrected chi connectivity index (χ3v) is 3.48. The molecule has 0 fully saturated rings. The van der Waals surface area contributed by atoms with E-state index in [1.54, 1.807) is 45.0 Å². The number of nitrogens with zero attached hydrogens (tertiary/aromatic N) is 1. The SMILES string of the molecule is Cc1cc(NC(=O)COC(=O)[C@@H](NC(=O)Nc2ccccc2)C(C)C)no1. The fourth-order valence-corrected chi connectivity index (χ4v) is 2.16. The molecular formula is C18H22N4O5. The Kier molecular flexibility index (Phi) is 6.93. The number of rotatable bonds is 7. The molecule has 1 atom stereocenters. The molecule has 2 aromatic rings. The Hall–Kier alpha value is -3.36. The van der Waals surface area contributed by atoms with Crippen molar-refractivity contribution in [3.8, 4) is 0 Å². The molecule has 0 unspecified atom stereocenters. The molecule has 0 saturated carbocycles. The Morgan fingerprint density at radius 2 is 1.85 bits per heavy atom. The van der Waals surface area contributed by atoms with Crippen molar-refractivity contribution in [3.05, 3.63) is 42.2 Å². The van der Waals surface area contributed by atoms with Crippen LogP contribution in [0.5, 0.6) is 0 Å². The van der Waals surface area contributed by atoms with Gasteiger partial charge in [0.1, 0.15) is 11.8 Å². The minimum absolute atomic E-state index is 0.231. The molecule has 27 heavy (non-hydrogen) atoms. The summed E-state index contributed by atoms with van der Waals surface area (Å²) in [6, 6.07) is 8.90. The van der Waals surface area contributed by atoms with E-state index in [9.17, 15) is 14.4 Å². The number of hydrogen-bond donors (Lipinski definition) is 3. The molecule has 0 radical (unpaired) electrons. The van der Waals surface area contributed by atoms with Gasteiger partial charge in [-0.25, -0.2) is 9.59 Å². The zero-order valence-corrected chi connectivity index (χ0v) is 15.3. The van der Waals surface area contributed by atoms with E-state index in [0.717, 1.165) is 0 Å². The van der Waals surface area contributed by atoms with Crippen molar-refractivity contribution in [1.29, 1.82) is 0 Å². The third kappa shape index (κ3) is 6.46. The Labute approximate surface area is 156 Å². The minimum Gasteiger partial charge on any atom is -0.454 e. The van der Waals surface area contributed by atoms with E-state index >= 15 is 0 Å². The summed E-state index contributed by atoms with van der Waals surface area (Å²) in [6.07, 6.45) is 0. The molecule has 9 nitrogen and oxygen atoms in total. The summed E-state index contributed by atoms with van der Waals surface area (Å²) in [7, 11) is 0. The van der Waals surface area contributed by atoms with E-state index in [1.807, 2.05) is 6.07 Å². The predicted octanol–water partition coefficient (Wildman–Crippen LogP) is 2.31. The lowest BCUT2D eigenvalue weighted by molar-refractivity contribution is -0.150. The summed E-state index contributed by atoms with van der Waals surface area (Å²) in [5.41, 5.74) is 0.591. The molecule has 0 aliphatic heterocycles. The molecule has 144 valence electrons. The van der Waals surface area contributed by atoms with E-state index in [2.05, 4.69) is 21.1 Å². The van der Waals surface area contributed by atoms with Crippen LogP contribution in [-0.4, -0.2) is 35.7 Å². The van der Waals surface area contributed by atoms with Crippen LogP contribution in [0.4, 0.5) is 16.3 Å². The first-order valence-corrected chi connectivity index (χ1v) is 8.37. The summed E-state index contributed by atoms with van der Waals surface area (Å²) in [6.45, 7) is 4.69. The van der Waals surface area contributed by atoms with Gasteiger partial charge in [-0.2, -0.15) is 0 Å². The first-order valence-electron chi connectivity index (χ1n) is 8.37. The Morgan fingerprint density at radius 1 is 1.15 bits per heavy atom. The number of hydrogen-bond acceptors (Lipinski definition) is 6. The molecule has 0 aliphatic carbocycles. The highest BCUT2D eigenvalue weighted by molar-refractivity contribution is 5.94. The number of para-hydroxylation sites is 1. The van der Waals surface area contributed by atoms with Crippen molar-refractivity contribution in [3.63, 3.8) is 0 Å². The van der Waals surface area contributed by atoms with Crippen molar-refractivity contribution in [2.24, 2.45) is 5.92 Å². The zero-order chi connectivity index (χ0) is 19.8. The van der Waals surface area contributed by atoms with Gasteiger partial charge in [-0.3, -0.25) is 4.79 Å². The fourth-order valence-electron chi connectivity index (χ4n) is 2.16. The third-order valence-electron chi connectivity index (χ3n) is 3.48. The summed E-state index contributed by atoms with van der Waals surface area (Å²) in [5.74, 6) is -0.738. The van der Waals surface area contributed by atoms with Crippen molar-refractivity contribution in [2.75, 3.05) is 17.2 Å². The molecule has 0 bridgehead atoms. The van der Waals surface area contributed by atoms with E-state index in [-0.39, 0.29) is 11.7 Å². The van der Waals surface area contributed by atoms with E-state index in [1.165, 1.54) is 6.07 Å². The van der Waals surface area contributed by atoms with Gasteiger partial charge in [0, 0.05) is 11.8 Å². The van der Waals surface area contributed by atoms with Crippen LogP contribution in [0.2, 0.25) is 0 Å². The van der Waals surface area contributed by atoms with Crippen molar-refractivity contribution in [2.45, 2.75) is 26.8 Å². The monoisotopic (exact) mass is 374 g/mol. The highest BCUT2D eigenvalue weighted by Gasteiger charge is 2.26. The zero-order valence-electron chi connectivity index (χ0n) is 15.3. The van der Waals surface area contributed by atoms with Crippen LogP contribution >= 0.6 is 0 Å². The lowest BCUT2D eigenvalue weighted by Crippen LogP contribution is -2.47. The van der Waals surface area contributed by atoms with Crippen LogP contribution in [0.3, 0.4) is 0 Å². The smallest absolute Gasteiger partial charge is 0.329 e. The van der Waals surface area contributed by atoms with E-state index in [4.69, 9.17) is 9.26 Å². The Bertz CT molecular complexity index is 788. The van der Waals surface area contributed by atoms with Crippen LogP contribution in [0.25, 0.3) is 0 Å². The molecule has 0 spiro atoms. The molecule has 3 amide bonds. The van der Waals surface area contributed by atoms with Crippen LogP contribution in [0, 0.1) is 12.8 Å². The van der Waals surface area contributed by atoms with Gasteiger partial charge in [0.05, 0.1) is 0 Å². The van der Waals surface area contributed by atoms with Gasteiger partial charge in [-0.1, -0.05) is 37.2 Å². The first kappa shape index (κ1) is 20.0. The number of aryl methyl sites for hydroxylation is 1. The average Bonchev–Trinajstić information content (AvgIpc) is 3.03. The molecule has 0 aliphatic rings. The van der Waals surface area contributed by atoms with Crippen molar-refractivity contribution >= 4 is 29.4 Å². The minimum atomic E-state index is -0.907. The maximum absolute atomic E-state index is 12.3. The Balaban J connectivity index is 1.84. The molecule has 1 heterocycles. The molecular weight excluding hydrogens is 352 g/mol. The predicted molar refractivity (Wildman–Crippen MR) is 98.1 cm³/mol. The number of ether oxygens (including phenoxy) is 1. The molecule has 2 rings (SSSR count). The number of nitrogens with one attached hydrogen (secondary N) is 3. The van der Waals surface area contributed by atoms with Crippen LogP contribution in [0.15, 0.2) is 40.9 Å². The van der Waals surface area contributed by atoms with Gasteiger partial charge in [0.2, 0.25) is 0 Å². The maximum atomic E-state index is 12.3. The molecule has 3 N–H and O–H groups in total. The number of carbonyl (C=O) groups is 3. The summed E-state index contributed by atoms with van der Waals surface area (Å²) in [4.78, 5) is 36.2. The molecule has 1 aromatic heterocycles. The van der Waals surface area contributed by atoms with Crippen LogP contribution in [-0.2, 0) is 14.3 Å². The van der Waals surface area contributed by atoms with E-state index in [0.29, 0.717) is 11.4 Å². The topological polar surface area (TPSA) is 123 Å². The van der Waals surface area contributed by atoms with Crippen molar-refractivity contribution < 1.29 is 23.6 Å². The second kappa shape index (κ2) is 9.37. The van der Waals surface area contributed by atoms with Crippen molar-refractivity contribution in [1.82, 2.24) is 10.5 Å². The number of anilines is 2. The number of aromatic nitrogens is 1. The number of amides is 3. The number of urea groups is 1. The largest absolute Gasteiger partial charge is 0.454 e. The van der Waals surface area contributed by atoms with Gasteiger partial charge in [-0.15, -0.1) is 0 Å². The molecule has 0 saturated heterocycles. The fraction of sp³-hybridized carbons (Fsp3) is 0.333. The van der Waals surface area contributed by atoms with Crippen LogP contribution < -0.4 is 16.0 Å². The van der Waals surface area contributed by atoms with Crippen LogP contribution in [0.1, 0.15) is 19.6 Å². The molecule has 1 aromatic carbocycles. The number of esters is 1. The second-order valence-corrected chi connectivity index (χ2v) is 6.16. The highest BCUT2D eigenvalue weighted by atomic mass is 16.5. The second-order valence-electron chi connectivity index (χ2n) is 6.16. The summed E-state index contributed by atoms with van der Waals surface area (Å²) in [5, 5.41) is 11.2. The molecule has 9 heteroatoms. The number of carbonyl (C=O) groups excluding carboxylic acids is 3.